The molecule has 2 rings (SSSR count). The summed E-state index contributed by atoms with van der Waals surface area (Å²) in [5.74, 6) is -0.198. The number of benzene rings is 1. The number of nitrogens with one attached hydrogen (secondary N) is 1. The lowest BCUT2D eigenvalue weighted by Crippen LogP contribution is -2.22. The van der Waals surface area contributed by atoms with Crippen molar-refractivity contribution in [2.75, 3.05) is 0 Å². The van der Waals surface area contributed by atoms with Gasteiger partial charge >= 0.3 is 0 Å². The van der Waals surface area contributed by atoms with Gasteiger partial charge in [0.15, 0.2) is 0 Å². The number of hydrogen-bond donors (Lipinski definition) is 1. The minimum atomic E-state index is -0.198. The minimum Gasteiger partial charge on any atom is -0.304 e. The van der Waals surface area contributed by atoms with Crippen LogP contribution in [0.3, 0.4) is 0 Å². The van der Waals surface area contributed by atoms with Crippen LogP contribution in [0.25, 0.3) is 0 Å². The Morgan fingerprint density at radius 1 is 1.26 bits per heavy atom. The molecule has 0 aliphatic rings. The maximum Gasteiger partial charge on any atom is 0.123 e. The van der Waals surface area contributed by atoms with Gasteiger partial charge in [0.1, 0.15) is 5.82 Å². The lowest BCUT2D eigenvalue weighted by molar-refractivity contribution is 0.490. The van der Waals surface area contributed by atoms with Crippen LogP contribution in [0.2, 0.25) is 0 Å². The first-order chi connectivity index (χ1) is 8.97. The van der Waals surface area contributed by atoms with E-state index in [0.717, 1.165) is 11.3 Å². The molecule has 0 saturated heterocycles. The summed E-state index contributed by atoms with van der Waals surface area (Å²) in [5, 5.41) is 7.82. The molecule has 2 atom stereocenters. The van der Waals surface area contributed by atoms with E-state index in [1.165, 1.54) is 11.6 Å². The largest absolute Gasteiger partial charge is 0.304 e. The first kappa shape index (κ1) is 13.7. The van der Waals surface area contributed by atoms with Gasteiger partial charge in [-0.1, -0.05) is 12.1 Å². The van der Waals surface area contributed by atoms with Gasteiger partial charge < -0.3 is 5.32 Å². The predicted octanol–water partition coefficient (Wildman–Crippen LogP) is 3.28. The molecule has 0 radical (unpaired) electrons. The van der Waals surface area contributed by atoms with Gasteiger partial charge in [-0.3, -0.25) is 4.68 Å². The molecule has 1 unspecified atom stereocenters. The van der Waals surface area contributed by atoms with Crippen LogP contribution in [0.15, 0.2) is 30.5 Å². The van der Waals surface area contributed by atoms with E-state index in [4.69, 9.17) is 0 Å². The van der Waals surface area contributed by atoms with Gasteiger partial charge in [0.25, 0.3) is 0 Å². The fourth-order valence-corrected chi connectivity index (χ4v) is 2.38. The summed E-state index contributed by atoms with van der Waals surface area (Å²) in [6.45, 7) is 6.14. The Bertz CT molecular complexity index is 562. The fourth-order valence-electron chi connectivity index (χ4n) is 2.38. The average molecular weight is 261 g/mol. The topological polar surface area (TPSA) is 29.9 Å². The molecule has 102 valence electrons. The molecule has 1 aromatic carbocycles. The molecule has 4 heteroatoms. The van der Waals surface area contributed by atoms with E-state index in [-0.39, 0.29) is 17.9 Å². The van der Waals surface area contributed by atoms with Crippen molar-refractivity contribution in [1.82, 2.24) is 15.1 Å². The second-order valence-electron chi connectivity index (χ2n) is 5.01. The SMILES string of the molecule is Cc1nn(C)cc1C(C)N[C@H](C)c1cccc(F)c1. The number of aromatic nitrogens is 2. The second kappa shape index (κ2) is 5.53. The molecule has 0 saturated carbocycles. The molecule has 0 spiro atoms. The van der Waals surface area contributed by atoms with Crippen LogP contribution in [0.1, 0.15) is 42.8 Å². The fraction of sp³-hybridized carbons (Fsp3) is 0.400. The van der Waals surface area contributed by atoms with Gasteiger partial charge in [-0.15, -0.1) is 0 Å². The Kier molecular flexibility index (Phi) is 4.00. The van der Waals surface area contributed by atoms with E-state index in [1.807, 2.05) is 37.8 Å². The molecule has 0 amide bonds. The Balaban J connectivity index is 2.10. The van der Waals surface area contributed by atoms with Gasteiger partial charge in [-0.25, -0.2) is 4.39 Å². The Morgan fingerprint density at radius 2 is 2.00 bits per heavy atom. The van der Waals surface area contributed by atoms with E-state index >= 15 is 0 Å². The lowest BCUT2D eigenvalue weighted by atomic mass is 10.0. The highest BCUT2D eigenvalue weighted by atomic mass is 19.1. The number of aryl methyl sites for hydroxylation is 2. The monoisotopic (exact) mass is 261 g/mol. The van der Waals surface area contributed by atoms with E-state index in [2.05, 4.69) is 17.3 Å². The van der Waals surface area contributed by atoms with E-state index in [0.29, 0.717) is 0 Å². The molecule has 0 aliphatic heterocycles. The van der Waals surface area contributed by atoms with Crippen LogP contribution in [0.5, 0.6) is 0 Å². The second-order valence-corrected chi connectivity index (χ2v) is 5.01. The third-order valence-corrected chi connectivity index (χ3v) is 3.37. The molecule has 1 heterocycles. The van der Waals surface area contributed by atoms with Crippen molar-refractivity contribution in [2.45, 2.75) is 32.9 Å². The zero-order chi connectivity index (χ0) is 14.0. The molecule has 2 aromatic rings. The highest BCUT2D eigenvalue weighted by Gasteiger charge is 2.15. The van der Waals surface area contributed by atoms with E-state index < -0.39 is 0 Å². The summed E-state index contributed by atoms with van der Waals surface area (Å²) in [6, 6.07) is 6.97. The Morgan fingerprint density at radius 3 is 2.58 bits per heavy atom. The molecule has 1 aromatic heterocycles. The van der Waals surface area contributed by atoms with Crippen LogP contribution < -0.4 is 5.32 Å². The summed E-state index contributed by atoms with van der Waals surface area (Å²) in [7, 11) is 1.92. The average Bonchev–Trinajstić information content (AvgIpc) is 2.68. The molecule has 19 heavy (non-hydrogen) atoms. The maximum atomic E-state index is 13.2. The summed E-state index contributed by atoms with van der Waals surface area (Å²) >= 11 is 0. The molecule has 0 fully saturated rings. The van der Waals surface area contributed by atoms with Crippen molar-refractivity contribution < 1.29 is 4.39 Å². The van der Waals surface area contributed by atoms with Crippen molar-refractivity contribution in [3.8, 4) is 0 Å². The first-order valence-corrected chi connectivity index (χ1v) is 6.49. The maximum absolute atomic E-state index is 13.2. The summed E-state index contributed by atoms with van der Waals surface area (Å²) in [5.41, 5.74) is 3.15. The molecular formula is C15H20FN3. The molecule has 1 N–H and O–H groups in total. The van der Waals surface area contributed by atoms with Gasteiger partial charge in [-0.05, 0) is 38.5 Å². The molecule has 0 aliphatic carbocycles. The Labute approximate surface area is 113 Å². The number of nitrogens with zero attached hydrogens (tertiary/aromatic N) is 2. The van der Waals surface area contributed by atoms with Crippen molar-refractivity contribution in [1.29, 1.82) is 0 Å². The van der Waals surface area contributed by atoms with Crippen LogP contribution in [-0.4, -0.2) is 9.78 Å². The predicted molar refractivity (Wildman–Crippen MR) is 74.3 cm³/mol. The van der Waals surface area contributed by atoms with E-state index in [1.54, 1.807) is 12.1 Å². The minimum absolute atomic E-state index is 0.0882. The summed E-state index contributed by atoms with van der Waals surface area (Å²) < 4.78 is 15.0. The molecule has 0 bridgehead atoms. The van der Waals surface area contributed by atoms with Crippen molar-refractivity contribution in [3.63, 3.8) is 0 Å². The number of rotatable bonds is 4. The summed E-state index contributed by atoms with van der Waals surface area (Å²) in [4.78, 5) is 0. The molecule has 3 nitrogen and oxygen atoms in total. The van der Waals surface area contributed by atoms with E-state index in [9.17, 15) is 4.39 Å². The van der Waals surface area contributed by atoms with Gasteiger partial charge in [0.2, 0.25) is 0 Å². The highest BCUT2D eigenvalue weighted by molar-refractivity contribution is 5.22. The third-order valence-electron chi connectivity index (χ3n) is 3.37. The van der Waals surface area contributed by atoms with Crippen LogP contribution in [0.4, 0.5) is 4.39 Å². The zero-order valence-corrected chi connectivity index (χ0v) is 11.8. The lowest BCUT2D eigenvalue weighted by Gasteiger charge is -2.20. The normalized spacial score (nSPS) is 14.4. The van der Waals surface area contributed by atoms with Gasteiger partial charge in [0, 0.05) is 30.9 Å². The highest BCUT2D eigenvalue weighted by Crippen LogP contribution is 2.21. The van der Waals surface area contributed by atoms with Gasteiger partial charge in [0.05, 0.1) is 5.69 Å². The summed E-state index contributed by atoms with van der Waals surface area (Å²) in [6.07, 6.45) is 2.02. The first-order valence-electron chi connectivity index (χ1n) is 6.49. The van der Waals surface area contributed by atoms with Gasteiger partial charge in [-0.2, -0.15) is 5.10 Å². The van der Waals surface area contributed by atoms with Crippen molar-refractivity contribution in [3.05, 3.63) is 53.1 Å². The third kappa shape index (κ3) is 3.20. The Hall–Kier alpha value is -1.68. The van der Waals surface area contributed by atoms with Crippen LogP contribution in [0, 0.1) is 12.7 Å². The quantitative estimate of drug-likeness (QED) is 0.915. The standard InChI is InChI=1S/C15H20FN3/c1-10(13-6-5-7-14(16)8-13)17-11(2)15-9-19(4)18-12(15)3/h5-11,17H,1-4H3/t10-,11?/m1/s1. The van der Waals surface area contributed by atoms with Crippen LogP contribution >= 0.6 is 0 Å². The van der Waals surface area contributed by atoms with Crippen LogP contribution in [-0.2, 0) is 7.05 Å². The number of halogens is 1. The van der Waals surface area contributed by atoms with Crippen molar-refractivity contribution in [2.24, 2.45) is 7.05 Å². The number of hydrogen-bond acceptors (Lipinski definition) is 2. The smallest absolute Gasteiger partial charge is 0.123 e. The molecular weight excluding hydrogens is 241 g/mol. The van der Waals surface area contributed by atoms with Crippen molar-refractivity contribution >= 4 is 0 Å². The zero-order valence-electron chi connectivity index (χ0n) is 11.8.